The van der Waals surface area contributed by atoms with Crippen LogP contribution in [0.3, 0.4) is 0 Å². The molecule has 0 saturated carbocycles. The number of phenolic OH excluding ortho intramolecular Hbond substituents is 1. The van der Waals surface area contributed by atoms with Crippen LogP contribution in [0.1, 0.15) is 0 Å². The van der Waals surface area contributed by atoms with Crippen LogP contribution in [0.15, 0.2) is 33.3 Å². The molecule has 2 nitrogen and oxygen atoms in total. The van der Waals surface area contributed by atoms with E-state index in [0.29, 0.717) is 9.99 Å². The number of benzene rings is 1. The number of halogens is 2. The number of aromatic hydroxyl groups is 1. The minimum absolute atomic E-state index is 0. The Morgan fingerprint density at radius 2 is 1.93 bits per heavy atom. The number of fused-ring (bicyclic) bond motifs is 1. The minimum atomic E-state index is 0. The molecule has 0 fully saturated rings. The van der Waals surface area contributed by atoms with Crippen LogP contribution in [0.2, 0.25) is 0 Å². The van der Waals surface area contributed by atoms with E-state index < -0.39 is 0 Å². The summed E-state index contributed by atoms with van der Waals surface area (Å²) in [6, 6.07) is 5.54. The zero-order chi connectivity index (χ0) is 9.42. The first-order valence-corrected chi connectivity index (χ1v) is 5.20. The van der Waals surface area contributed by atoms with Gasteiger partial charge in [-0.1, -0.05) is 22.0 Å². The Kier molecular flexibility index (Phi) is 3.95. The summed E-state index contributed by atoms with van der Waals surface area (Å²) in [5.74, 6) is 0.179. The molecule has 0 unspecified atom stereocenters. The summed E-state index contributed by atoms with van der Waals surface area (Å²) in [6.07, 6.45) is 1.65. The zero-order valence-corrected chi connectivity index (χ0v) is 10.9. The molecule has 5 heteroatoms. The molecule has 75 valence electrons. The summed E-state index contributed by atoms with van der Waals surface area (Å²) in [5, 5.41) is 10.6. The van der Waals surface area contributed by atoms with Crippen molar-refractivity contribution in [3.8, 4) is 5.75 Å². The summed E-state index contributed by atoms with van der Waals surface area (Å²) < 4.78 is 1.56. The fourth-order valence-corrected chi connectivity index (χ4v) is 2.43. The van der Waals surface area contributed by atoms with Gasteiger partial charge in [-0.3, -0.25) is 4.98 Å². The second-order valence-electron chi connectivity index (χ2n) is 2.59. The van der Waals surface area contributed by atoms with Crippen LogP contribution in [-0.4, -0.2) is 10.1 Å². The van der Waals surface area contributed by atoms with Gasteiger partial charge in [-0.15, -0.1) is 0 Å². The summed E-state index contributed by atoms with van der Waals surface area (Å²) in [6.45, 7) is 0. The number of hydrogen-bond donors (Lipinski definition) is 1. The Bertz CT molecular complexity index is 476. The Balaban J connectivity index is 0.000000980. The van der Waals surface area contributed by atoms with Crippen molar-refractivity contribution in [2.45, 2.75) is 0 Å². The monoisotopic (exact) mass is 364 g/mol. The van der Waals surface area contributed by atoms with E-state index in [1.165, 1.54) is 0 Å². The smallest absolute Gasteiger partial charge is 0.505 e. The molecule has 0 bridgehead atoms. The second-order valence-corrected chi connectivity index (χ2v) is 4.30. The van der Waals surface area contributed by atoms with Crippen molar-refractivity contribution in [3.05, 3.63) is 33.3 Å². The van der Waals surface area contributed by atoms with Gasteiger partial charge < -0.3 is 5.11 Å². The molecule has 0 atom stereocenters. The number of nitrogens with zero attached hydrogens (tertiary/aromatic N) is 1. The van der Waals surface area contributed by atoms with Gasteiger partial charge in [0.2, 0.25) is 0 Å². The van der Waals surface area contributed by atoms with Gasteiger partial charge in [-0.05, 0) is 28.1 Å². The molecule has 0 aliphatic heterocycles. The first-order chi connectivity index (χ1) is 6.20. The molecule has 0 aliphatic rings. The average Bonchev–Trinajstić information content (AvgIpc) is 2.15. The van der Waals surface area contributed by atoms with Crippen molar-refractivity contribution >= 4 is 42.8 Å². The molecule has 1 aromatic heterocycles. The van der Waals surface area contributed by atoms with Crippen molar-refractivity contribution in [3.63, 3.8) is 0 Å². The minimum Gasteiger partial charge on any atom is -0.505 e. The SMILES string of the molecule is Oc1c(Br)cc(Br)c2cccnc12.[Cu+2]. The van der Waals surface area contributed by atoms with Gasteiger partial charge in [0.1, 0.15) is 5.52 Å². The van der Waals surface area contributed by atoms with Crippen molar-refractivity contribution in [2.75, 3.05) is 0 Å². The first kappa shape index (κ1) is 12.0. The third kappa shape index (κ3) is 1.96. The molecule has 0 amide bonds. The Morgan fingerprint density at radius 3 is 2.64 bits per heavy atom. The van der Waals surface area contributed by atoms with E-state index in [1.54, 1.807) is 12.3 Å². The predicted molar refractivity (Wildman–Crippen MR) is 58.8 cm³/mol. The fourth-order valence-electron chi connectivity index (χ4n) is 1.16. The topological polar surface area (TPSA) is 33.1 Å². The van der Waals surface area contributed by atoms with Gasteiger partial charge in [0.05, 0.1) is 4.47 Å². The van der Waals surface area contributed by atoms with Gasteiger partial charge in [0.15, 0.2) is 5.75 Å². The summed E-state index contributed by atoms with van der Waals surface area (Å²) in [4.78, 5) is 4.09. The maximum atomic E-state index is 9.65. The number of aromatic nitrogens is 1. The van der Waals surface area contributed by atoms with Crippen molar-refractivity contribution in [1.82, 2.24) is 4.98 Å². The van der Waals surface area contributed by atoms with Crippen LogP contribution in [-0.2, 0) is 17.1 Å². The number of phenols is 1. The third-order valence-electron chi connectivity index (χ3n) is 1.77. The number of rotatable bonds is 0. The summed E-state index contributed by atoms with van der Waals surface area (Å²) in [5.41, 5.74) is 0.601. The van der Waals surface area contributed by atoms with Crippen LogP contribution in [0.25, 0.3) is 10.9 Å². The average molecular weight is 366 g/mol. The molecule has 1 heterocycles. The standard InChI is InChI=1S/C9H5Br2NO.Cu/c10-6-4-7(11)9(13)8-5(6)2-1-3-12-8;/h1-4,13H;/q;+2. The van der Waals surface area contributed by atoms with Gasteiger partial charge >= 0.3 is 17.1 Å². The molecule has 14 heavy (non-hydrogen) atoms. The summed E-state index contributed by atoms with van der Waals surface area (Å²) in [7, 11) is 0. The van der Waals surface area contributed by atoms with Crippen molar-refractivity contribution in [1.29, 1.82) is 0 Å². The Morgan fingerprint density at radius 1 is 1.21 bits per heavy atom. The van der Waals surface area contributed by atoms with Gasteiger partial charge in [-0.2, -0.15) is 0 Å². The third-order valence-corrected chi connectivity index (χ3v) is 3.03. The van der Waals surface area contributed by atoms with Gasteiger partial charge in [-0.25, -0.2) is 0 Å². The molecule has 1 aromatic carbocycles. The molecule has 0 saturated heterocycles. The van der Waals surface area contributed by atoms with E-state index in [9.17, 15) is 5.11 Å². The largest absolute Gasteiger partial charge is 2.00 e. The molecule has 0 aliphatic carbocycles. The maximum absolute atomic E-state index is 9.65. The van der Waals surface area contributed by atoms with Crippen LogP contribution in [0, 0.1) is 0 Å². The normalized spacial score (nSPS) is 9.86. The molecular weight excluding hydrogens is 361 g/mol. The second kappa shape index (κ2) is 4.62. The van der Waals surface area contributed by atoms with Crippen molar-refractivity contribution < 1.29 is 22.2 Å². The molecule has 1 radical (unpaired) electrons. The van der Waals surface area contributed by atoms with Crippen LogP contribution < -0.4 is 0 Å². The quantitative estimate of drug-likeness (QED) is 0.725. The summed E-state index contributed by atoms with van der Waals surface area (Å²) >= 11 is 6.65. The Hall–Kier alpha value is -0.0905. The van der Waals surface area contributed by atoms with Crippen LogP contribution in [0.5, 0.6) is 5.75 Å². The van der Waals surface area contributed by atoms with Crippen molar-refractivity contribution in [2.24, 2.45) is 0 Å². The van der Waals surface area contributed by atoms with Crippen LogP contribution >= 0.6 is 31.9 Å². The Labute approximate surface area is 108 Å². The van der Waals surface area contributed by atoms with E-state index >= 15 is 0 Å². The van der Waals surface area contributed by atoms with Crippen LogP contribution in [0.4, 0.5) is 0 Å². The van der Waals surface area contributed by atoms with E-state index in [4.69, 9.17) is 0 Å². The van der Waals surface area contributed by atoms with E-state index in [2.05, 4.69) is 36.8 Å². The molecule has 1 N–H and O–H groups in total. The zero-order valence-electron chi connectivity index (χ0n) is 6.76. The van der Waals surface area contributed by atoms with E-state index in [0.717, 1.165) is 9.86 Å². The molecular formula is C9H5Br2CuNO+2. The molecule has 2 aromatic rings. The molecule has 2 rings (SSSR count). The molecule has 0 spiro atoms. The first-order valence-electron chi connectivity index (χ1n) is 3.62. The number of hydrogen-bond acceptors (Lipinski definition) is 2. The van der Waals surface area contributed by atoms with E-state index in [-0.39, 0.29) is 22.8 Å². The van der Waals surface area contributed by atoms with E-state index in [1.807, 2.05) is 12.1 Å². The van der Waals surface area contributed by atoms with Gasteiger partial charge in [0, 0.05) is 16.1 Å². The predicted octanol–water partition coefficient (Wildman–Crippen LogP) is 3.46. The fraction of sp³-hybridized carbons (Fsp3) is 0. The van der Waals surface area contributed by atoms with Gasteiger partial charge in [0.25, 0.3) is 0 Å². The maximum Gasteiger partial charge on any atom is 2.00 e. The number of pyridine rings is 1.